The summed E-state index contributed by atoms with van der Waals surface area (Å²) in [5.74, 6) is -0.436. The van der Waals surface area contributed by atoms with Gasteiger partial charge in [-0.1, -0.05) is 17.7 Å². The van der Waals surface area contributed by atoms with Crippen molar-refractivity contribution in [3.63, 3.8) is 0 Å². The van der Waals surface area contributed by atoms with Gasteiger partial charge in [0.05, 0.1) is 15.5 Å². The van der Waals surface area contributed by atoms with Crippen molar-refractivity contribution >= 4 is 27.3 Å². The average Bonchev–Trinajstić information content (AvgIpc) is 2.45. The Hall–Kier alpha value is -1.92. The molecule has 0 aliphatic rings. The van der Waals surface area contributed by atoms with E-state index in [4.69, 9.17) is 11.6 Å². The van der Waals surface area contributed by atoms with Gasteiger partial charge in [-0.15, -0.1) is 0 Å². The number of sulfone groups is 1. The molecule has 1 N–H and O–H groups in total. The Morgan fingerprint density at radius 2 is 2.10 bits per heavy atom. The molecule has 0 aliphatic carbocycles. The fourth-order valence-electron chi connectivity index (χ4n) is 1.69. The molecule has 5 nitrogen and oxygen atoms in total. The molecule has 2 rings (SSSR count). The summed E-state index contributed by atoms with van der Waals surface area (Å²) in [4.78, 5) is 16.1. The SMILES string of the molecule is CS(=O)(=O)c1ccc(Cl)c(C(=O)NCc2cccnc2)c1. The van der Waals surface area contributed by atoms with Crippen molar-refractivity contribution in [2.45, 2.75) is 11.4 Å². The molecule has 0 saturated heterocycles. The van der Waals surface area contributed by atoms with E-state index in [1.54, 1.807) is 18.5 Å². The van der Waals surface area contributed by atoms with Gasteiger partial charge < -0.3 is 5.32 Å². The summed E-state index contributed by atoms with van der Waals surface area (Å²) < 4.78 is 23.0. The lowest BCUT2D eigenvalue weighted by molar-refractivity contribution is 0.0951. The number of rotatable bonds is 4. The molecule has 1 aromatic carbocycles. The van der Waals surface area contributed by atoms with Gasteiger partial charge >= 0.3 is 0 Å². The zero-order valence-corrected chi connectivity index (χ0v) is 12.8. The standard InChI is InChI=1S/C14H13ClN2O3S/c1-21(19,20)11-4-5-13(15)12(7-11)14(18)17-9-10-3-2-6-16-8-10/h2-8H,9H2,1H3,(H,17,18). The molecule has 0 aliphatic heterocycles. The number of amides is 1. The Bertz CT molecular complexity index is 761. The summed E-state index contributed by atoms with van der Waals surface area (Å²) in [6, 6.07) is 7.63. The first-order chi connectivity index (χ1) is 9.88. The minimum absolute atomic E-state index is 0.0541. The highest BCUT2D eigenvalue weighted by atomic mass is 35.5. The summed E-state index contributed by atoms with van der Waals surface area (Å²) in [6.45, 7) is 0.284. The molecule has 0 fully saturated rings. The number of nitrogens with zero attached hydrogens (tertiary/aromatic N) is 1. The zero-order chi connectivity index (χ0) is 15.5. The van der Waals surface area contributed by atoms with Crippen molar-refractivity contribution in [1.29, 1.82) is 0 Å². The van der Waals surface area contributed by atoms with E-state index in [-0.39, 0.29) is 22.0 Å². The second-order valence-corrected chi connectivity index (χ2v) is 6.88. The van der Waals surface area contributed by atoms with Crippen LogP contribution < -0.4 is 5.32 Å². The molecule has 0 spiro atoms. The van der Waals surface area contributed by atoms with Crippen molar-refractivity contribution in [3.05, 3.63) is 58.9 Å². The Morgan fingerprint density at radius 3 is 2.71 bits per heavy atom. The third-order valence-corrected chi connectivity index (χ3v) is 4.23. The molecule has 21 heavy (non-hydrogen) atoms. The van der Waals surface area contributed by atoms with Gasteiger partial charge in [-0.3, -0.25) is 9.78 Å². The maximum atomic E-state index is 12.1. The maximum absolute atomic E-state index is 12.1. The van der Waals surface area contributed by atoms with Gasteiger partial charge in [-0.05, 0) is 29.8 Å². The lowest BCUT2D eigenvalue weighted by atomic mass is 10.2. The smallest absolute Gasteiger partial charge is 0.253 e. The lowest BCUT2D eigenvalue weighted by Crippen LogP contribution is -2.23. The molecular formula is C14H13ClN2O3S. The topological polar surface area (TPSA) is 76.1 Å². The largest absolute Gasteiger partial charge is 0.348 e. The highest BCUT2D eigenvalue weighted by Gasteiger charge is 2.15. The van der Waals surface area contributed by atoms with Gasteiger partial charge in [0.1, 0.15) is 0 Å². The normalized spacial score (nSPS) is 11.1. The van der Waals surface area contributed by atoms with Crippen LogP contribution in [-0.4, -0.2) is 25.6 Å². The van der Waals surface area contributed by atoms with E-state index in [0.717, 1.165) is 11.8 Å². The Balaban J connectivity index is 2.19. The van der Waals surface area contributed by atoms with Crippen LogP contribution in [0.3, 0.4) is 0 Å². The van der Waals surface area contributed by atoms with E-state index in [2.05, 4.69) is 10.3 Å². The molecule has 0 radical (unpaired) electrons. The van der Waals surface area contributed by atoms with Crippen LogP contribution in [0.1, 0.15) is 15.9 Å². The molecule has 0 unspecified atom stereocenters. The predicted octanol–water partition coefficient (Wildman–Crippen LogP) is 2.07. The summed E-state index contributed by atoms with van der Waals surface area (Å²) in [5.41, 5.74) is 0.963. The highest BCUT2D eigenvalue weighted by Crippen LogP contribution is 2.20. The minimum atomic E-state index is -3.39. The van der Waals surface area contributed by atoms with E-state index in [9.17, 15) is 13.2 Å². The zero-order valence-electron chi connectivity index (χ0n) is 11.2. The average molecular weight is 325 g/mol. The monoisotopic (exact) mass is 324 g/mol. The van der Waals surface area contributed by atoms with Crippen LogP contribution in [0.15, 0.2) is 47.6 Å². The first kappa shape index (κ1) is 15.5. The first-order valence-electron chi connectivity index (χ1n) is 6.04. The molecule has 110 valence electrons. The van der Waals surface area contributed by atoms with Crippen molar-refractivity contribution in [2.24, 2.45) is 0 Å². The van der Waals surface area contributed by atoms with Gasteiger partial charge in [-0.25, -0.2) is 8.42 Å². The summed E-state index contributed by atoms with van der Waals surface area (Å²) in [5, 5.41) is 2.88. The van der Waals surface area contributed by atoms with Gasteiger partial charge in [0.2, 0.25) is 0 Å². The van der Waals surface area contributed by atoms with E-state index >= 15 is 0 Å². The van der Waals surface area contributed by atoms with Crippen LogP contribution in [0, 0.1) is 0 Å². The van der Waals surface area contributed by atoms with Crippen LogP contribution in [0.2, 0.25) is 5.02 Å². The van der Waals surface area contributed by atoms with E-state index in [1.165, 1.54) is 18.2 Å². The van der Waals surface area contributed by atoms with Gasteiger partial charge in [0.15, 0.2) is 9.84 Å². The summed E-state index contributed by atoms with van der Waals surface area (Å²) in [6.07, 6.45) is 4.35. The van der Waals surface area contributed by atoms with Crippen molar-refractivity contribution < 1.29 is 13.2 Å². The Kier molecular flexibility index (Phi) is 4.59. The van der Waals surface area contributed by atoms with E-state index in [0.29, 0.717) is 0 Å². The number of carbonyl (C=O) groups excluding carboxylic acids is 1. The predicted molar refractivity (Wildman–Crippen MR) is 80.0 cm³/mol. The number of pyridine rings is 1. The van der Waals surface area contributed by atoms with Gasteiger partial charge in [0.25, 0.3) is 5.91 Å². The Morgan fingerprint density at radius 1 is 1.33 bits per heavy atom. The minimum Gasteiger partial charge on any atom is -0.348 e. The number of hydrogen-bond acceptors (Lipinski definition) is 4. The summed E-state index contributed by atoms with van der Waals surface area (Å²) >= 11 is 5.95. The van der Waals surface area contributed by atoms with Crippen LogP contribution in [0.5, 0.6) is 0 Å². The molecule has 2 aromatic rings. The molecule has 0 bridgehead atoms. The third-order valence-electron chi connectivity index (χ3n) is 2.79. The van der Waals surface area contributed by atoms with Crippen LogP contribution in [0.4, 0.5) is 0 Å². The molecule has 1 heterocycles. The fraction of sp³-hybridized carbons (Fsp3) is 0.143. The van der Waals surface area contributed by atoms with Crippen molar-refractivity contribution in [1.82, 2.24) is 10.3 Å². The van der Waals surface area contributed by atoms with Crippen molar-refractivity contribution in [3.8, 4) is 0 Å². The van der Waals surface area contributed by atoms with Crippen LogP contribution in [-0.2, 0) is 16.4 Å². The fourth-order valence-corrected chi connectivity index (χ4v) is 2.54. The number of nitrogens with one attached hydrogen (secondary N) is 1. The molecule has 7 heteroatoms. The van der Waals surface area contributed by atoms with Crippen LogP contribution in [0.25, 0.3) is 0 Å². The quantitative estimate of drug-likeness (QED) is 0.934. The Labute approximate surface area is 127 Å². The van der Waals surface area contributed by atoms with E-state index in [1.807, 2.05) is 6.07 Å². The number of carbonyl (C=O) groups is 1. The van der Waals surface area contributed by atoms with Crippen molar-refractivity contribution in [2.75, 3.05) is 6.26 Å². The molecule has 0 atom stereocenters. The van der Waals surface area contributed by atoms with Gasteiger partial charge in [-0.2, -0.15) is 0 Å². The molecule has 0 saturated carbocycles. The maximum Gasteiger partial charge on any atom is 0.253 e. The second kappa shape index (κ2) is 6.24. The number of benzene rings is 1. The molecular weight excluding hydrogens is 312 g/mol. The third kappa shape index (κ3) is 4.03. The van der Waals surface area contributed by atoms with Crippen LogP contribution >= 0.6 is 11.6 Å². The molecule has 1 aromatic heterocycles. The van der Waals surface area contributed by atoms with Gasteiger partial charge in [0, 0.05) is 25.2 Å². The van der Waals surface area contributed by atoms with E-state index < -0.39 is 15.7 Å². The number of hydrogen-bond donors (Lipinski definition) is 1. The number of halogens is 1. The first-order valence-corrected chi connectivity index (χ1v) is 8.31. The number of aromatic nitrogens is 1. The second-order valence-electron chi connectivity index (χ2n) is 4.46. The lowest BCUT2D eigenvalue weighted by Gasteiger charge is -2.08. The molecule has 1 amide bonds. The highest BCUT2D eigenvalue weighted by molar-refractivity contribution is 7.90. The summed E-state index contributed by atoms with van der Waals surface area (Å²) in [7, 11) is -3.39.